The normalized spacial score (nSPS) is 28.7. The van der Waals surface area contributed by atoms with Crippen LogP contribution in [0.5, 0.6) is 0 Å². The second-order valence-corrected chi connectivity index (χ2v) is 4.67. The zero-order valence-electron chi connectivity index (χ0n) is 10.6. The lowest BCUT2D eigenvalue weighted by molar-refractivity contribution is -0.151. The zero-order chi connectivity index (χ0) is 12.7. The van der Waals surface area contributed by atoms with Crippen LogP contribution in [0.4, 0.5) is 0 Å². The first-order chi connectivity index (χ1) is 8.11. The van der Waals surface area contributed by atoms with E-state index >= 15 is 0 Å². The highest BCUT2D eigenvalue weighted by atomic mass is 16.5. The van der Waals surface area contributed by atoms with E-state index in [9.17, 15) is 9.90 Å². The minimum atomic E-state index is -0.675. The lowest BCUT2D eigenvalue weighted by Crippen LogP contribution is -2.44. The molecule has 1 saturated carbocycles. The van der Waals surface area contributed by atoms with Crippen molar-refractivity contribution in [1.82, 2.24) is 5.32 Å². The third-order valence-corrected chi connectivity index (χ3v) is 3.28. The van der Waals surface area contributed by atoms with Crippen molar-refractivity contribution < 1.29 is 14.6 Å². The maximum Gasteiger partial charge on any atom is 0.308 e. The van der Waals surface area contributed by atoms with Crippen LogP contribution in [0.3, 0.4) is 0 Å². The Hall–Kier alpha value is -0.870. The Morgan fingerprint density at radius 2 is 2.24 bits per heavy atom. The zero-order valence-corrected chi connectivity index (χ0v) is 10.6. The summed E-state index contributed by atoms with van der Waals surface area (Å²) in [4.78, 5) is 11.5. The molecule has 0 heterocycles. The first-order valence-electron chi connectivity index (χ1n) is 6.32. The van der Waals surface area contributed by atoms with E-state index < -0.39 is 5.60 Å². The molecule has 0 spiro atoms. The number of rotatable bonds is 6. The number of esters is 1. The molecule has 0 aromatic carbocycles. The quantitative estimate of drug-likeness (QED) is 0.417. The SMILES string of the molecule is C=CCNCC1(O)CCC(C(=O)OCC)CC1. The molecule has 0 bridgehead atoms. The lowest BCUT2D eigenvalue weighted by Gasteiger charge is -2.35. The molecular formula is C13H23NO3. The van der Waals surface area contributed by atoms with Crippen molar-refractivity contribution in [3.05, 3.63) is 12.7 Å². The molecule has 0 unspecified atom stereocenters. The highest BCUT2D eigenvalue weighted by molar-refractivity contribution is 5.72. The standard InChI is InChI=1S/C13H23NO3/c1-3-9-14-10-13(16)7-5-11(6-8-13)12(15)17-4-2/h3,11,14,16H,1,4-10H2,2H3. The van der Waals surface area contributed by atoms with E-state index in [1.165, 1.54) is 0 Å². The molecule has 1 aliphatic rings. The maximum absolute atomic E-state index is 11.5. The van der Waals surface area contributed by atoms with E-state index in [0.717, 1.165) is 0 Å². The Labute approximate surface area is 103 Å². The van der Waals surface area contributed by atoms with Crippen LogP contribution in [0, 0.1) is 5.92 Å². The van der Waals surface area contributed by atoms with Crippen molar-refractivity contribution in [2.45, 2.75) is 38.2 Å². The van der Waals surface area contributed by atoms with E-state index in [0.29, 0.717) is 45.4 Å². The van der Waals surface area contributed by atoms with Gasteiger partial charge in [-0.25, -0.2) is 0 Å². The predicted molar refractivity (Wildman–Crippen MR) is 66.6 cm³/mol. The van der Waals surface area contributed by atoms with Gasteiger partial charge in [-0.2, -0.15) is 0 Å². The van der Waals surface area contributed by atoms with Crippen LogP contribution < -0.4 is 5.32 Å². The van der Waals surface area contributed by atoms with Crippen molar-refractivity contribution in [2.75, 3.05) is 19.7 Å². The third-order valence-electron chi connectivity index (χ3n) is 3.28. The molecule has 4 heteroatoms. The van der Waals surface area contributed by atoms with Gasteiger partial charge in [0.2, 0.25) is 0 Å². The number of hydrogen-bond donors (Lipinski definition) is 2. The van der Waals surface area contributed by atoms with Gasteiger partial charge in [-0.3, -0.25) is 4.79 Å². The Bertz CT molecular complexity index is 257. The summed E-state index contributed by atoms with van der Waals surface area (Å²) >= 11 is 0. The molecule has 1 fully saturated rings. The Balaban J connectivity index is 2.33. The van der Waals surface area contributed by atoms with E-state index in [2.05, 4.69) is 11.9 Å². The van der Waals surface area contributed by atoms with Crippen LogP contribution >= 0.6 is 0 Å². The van der Waals surface area contributed by atoms with Crippen LogP contribution in [0.1, 0.15) is 32.6 Å². The summed E-state index contributed by atoms with van der Waals surface area (Å²) < 4.78 is 5.00. The molecule has 0 aromatic heterocycles. The van der Waals surface area contributed by atoms with Crippen molar-refractivity contribution in [3.8, 4) is 0 Å². The highest BCUT2D eigenvalue weighted by Gasteiger charge is 2.35. The Kier molecular flexibility index (Phi) is 5.65. The minimum absolute atomic E-state index is 0.0328. The second kappa shape index (κ2) is 6.77. The molecule has 0 saturated heterocycles. The van der Waals surface area contributed by atoms with Crippen LogP contribution in [0.25, 0.3) is 0 Å². The summed E-state index contributed by atoms with van der Waals surface area (Å²) in [5.41, 5.74) is -0.675. The Morgan fingerprint density at radius 1 is 1.59 bits per heavy atom. The van der Waals surface area contributed by atoms with Crippen molar-refractivity contribution >= 4 is 5.97 Å². The van der Waals surface area contributed by atoms with Gasteiger partial charge in [-0.15, -0.1) is 6.58 Å². The molecule has 0 aliphatic heterocycles. The summed E-state index contributed by atoms with van der Waals surface area (Å²) in [7, 11) is 0. The van der Waals surface area contributed by atoms with Gasteiger partial charge in [-0.1, -0.05) is 6.08 Å². The van der Waals surface area contributed by atoms with E-state index in [4.69, 9.17) is 4.74 Å². The number of hydrogen-bond acceptors (Lipinski definition) is 4. The van der Waals surface area contributed by atoms with E-state index in [1.807, 2.05) is 6.92 Å². The first-order valence-corrected chi connectivity index (χ1v) is 6.32. The van der Waals surface area contributed by atoms with Crippen molar-refractivity contribution in [1.29, 1.82) is 0 Å². The molecular weight excluding hydrogens is 218 g/mol. The summed E-state index contributed by atoms with van der Waals surface area (Å²) in [6.45, 7) is 7.13. The molecule has 2 N–H and O–H groups in total. The van der Waals surface area contributed by atoms with E-state index in [-0.39, 0.29) is 11.9 Å². The molecule has 0 aromatic rings. The van der Waals surface area contributed by atoms with Gasteiger partial charge in [0, 0.05) is 13.1 Å². The topological polar surface area (TPSA) is 58.6 Å². The molecule has 4 nitrogen and oxygen atoms in total. The van der Waals surface area contributed by atoms with Gasteiger partial charge < -0.3 is 15.2 Å². The minimum Gasteiger partial charge on any atom is -0.466 e. The number of aliphatic hydroxyl groups is 1. The molecule has 1 rings (SSSR count). The molecule has 0 atom stereocenters. The van der Waals surface area contributed by atoms with Gasteiger partial charge in [0.15, 0.2) is 0 Å². The smallest absolute Gasteiger partial charge is 0.308 e. The largest absolute Gasteiger partial charge is 0.466 e. The van der Waals surface area contributed by atoms with Crippen LogP contribution in [-0.4, -0.2) is 36.4 Å². The Morgan fingerprint density at radius 3 is 2.76 bits per heavy atom. The van der Waals surface area contributed by atoms with Gasteiger partial charge in [-0.05, 0) is 32.6 Å². The molecule has 0 radical (unpaired) electrons. The molecule has 1 aliphatic carbocycles. The second-order valence-electron chi connectivity index (χ2n) is 4.67. The third kappa shape index (κ3) is 4.48. The summed E-state index contributed by atoms with van der Waals surface area (Å²) in [6.07, 6.45) is 4.51. The van der Waals surface area contributed by atoms with Gasteiger partial charge >= 0.3 is 5.97 Å². The van der Waals surface area contributed by atoms with Crippen LogP contribution in [0.15, 0.2) is 12.7 Å². The van der Waals surface area contributed by atoms with Crippen molar-refractivity contribution in [2.24, 2.45) is 5.92 Å². The van der Waals surface area contributed by atoms with Crippen LogP contribution in [-0.2, 0) is 9.53 Å². The van der Waals surface area contributed by atoms with E-state index in [1.54, 1.807) is 6.08 Å². The average molecular weight is 241 g/mol. The number of nitrogens with one attached hydrogen (secondary N) is 1. The summed E-state index contributed by atoms with van der Waals surface area (Å²) in [5.74, 6) is -0.150. The number of carbonyl (C=O) groups is 1. The fourth-order valence-electron chi connectivity index (χ4n) is 2.23. The summed E-state index contributed by atoms with van der Waals surface area (Å²) in [5, 5.41) is 13.4. The predicted octanol–water partition coefficient (Wildman–Crippen LogP) is 1.25. The fraction of sp³-hybridized carbons (Fsp3) is 0.769. The van der Waals surface area contributed by atoms with Crippen molar-refractivity contribution in [3.63, 3.8) is 0 Å². The monoisotopic (exact) mass is 241 g/mol. The highest BCUT2D eigenvalue weighted by Crippen LogP contribution is 2.32. The van der Waals surface area contributed by atoms with Gasteiger partial charge in [0.1, 0.15) is 0 Å². The average Bonchev–Trinajstić information content (AvgIpc) is 2.30. The number of carbonyl (C=O) groups excluding carboxylic acids is 1. The molecule has 17 heavy (non-hydrogen) atoms. The number of ether oxygens (including phenoxy) is 1. The van der Waals surface area contributed by atoms with Crippen LogP contribution in [0.2, 0.25) is 0 Å². The van der Waals surface area contributed by atoms with Gasteiger partial charge in [0.05, 0.1) is 18.1 Å². The summed E-state index contributed by atoms with van der Waals surface area (Å²) in [6, 6.07) is 0. The first kappa shape index (κ1) is 14.2. The lowest BCUT2D eigenvalue weighted by atomic mass is 9.79. The van der Waals surface area contributed by atoms with Gasteiger partial charge in [0.25, 0.3) is 0 Å². The maximum atomic E-state index is 11.5. The molecule has 98 valence electrons. The fourth-order valence-corrected chi connectivity index (χ4v) is 2.23. The molecule has 0 amide bonds.